The van der Waals surface area contributed by atoms with Crippen LogP contribution in [0.3, 0.4) is 0 Å². The molecule has 4 aliphatic rings. The maximum absolute atomic E-state index is 12.6. The van der Waals surface area contributed by atoms with Gasteiger partial charge in [-0.1, -0.05) is 34.9 Å². The fraction of sp³-hybridized carbons (Fsp3) is 0.680. The van der Waals surface area contributed by atoms with Crippen LogP contribution in [0.25, 0.3) is 0 Å². The van der Waals surface area contributed by atoms with Gasteiger partial charge in [-0.3, -0.25) is 14.9 Å². The van der Waals surface area contributed by atoms with Crippen LogP contribution in [0.4, 0.5) is 5.69 Å². The van der Waals surface area contributed by atoms with Crippen LogP contribution in [0.5, 0.6) is 5.75 Å². The van der Waals surface area contributed by atoms with Crippen LogP contribution >= 0.6 is 15.9 Å². The molecule has 172 valence electrons. The second kappa shape index (κ2) is 7.93. The number of hydrogen-bond donors (Lipinski definition) is 0. The Bertz CT molecular complexity index is 963. The van der Waals surface area contributed by atoms with E-state index in [4.69, 9.17) is 4.84 Å². The molecule has 5 rings (SSSR count). The van der Waals surface area contributed by atoms with E-state index in [0.717, 1.165) is 37.8 Å². The van der Waals surface area contributed by atoms with E-state index in [1.54, 1.807) is 12.1 Å². The minimum atomic E-state index is -0.419. The number of alkyl halides is 1. The molecule has 0 saturated heterocycles. The van der Waals surface area contributed by atoms with Gasteiger partial charge < -0.3 is 4.84 Å². The molecule has 6 nitrogen and oxygen atoms in total. The fourth-order valence-corrected chi connectivity index (χ4v) is 8.65. The summed E-state index contributed by atoms with van der Waals surface area (Å²) in [5.41, 5.74) is 1.26. The van der Waals surface area contributed by atoms with Gasteiger partial charge in [-0.2, -0.15) is 0 Å². The van der Waals surface area contributed by atoms with Gasteiger partial charge in [0.05, 0.1) is 15.5 Å². The number of nitro groups is 1. The van der Waals surface area contributed by atoms with Crippen molar-refractivity contribution in [3.8, 4) is 5.75 Å². The summed E-state index contributed by atoms with van der Waals surface area (Å²) in [5.74, 6) is 3.53. The minimum Gasteiger partial charge on any atom is -0.357 e. The summed E-state index contributed by atoms with van der Waals surface area (Å²) >= 11 is 3.90. The minimum absolute atomic E-state index is 0.0427. The molecule has 7 heteroatoms. The maximum atomic E-state index is 12.6. The molecule has 0 heterocycles. The number of ketones is 1. The molecule has 4 fully saturated rings. The van der Waals surface area contributed by atoms with Crippen molar-refractivity contribution in [2.45, 2.75) is 70.0 Å². The van der Waals surface area contributed by atoms with E-state index in [0.29, 0.717) is 35.2 Å². The molecule has 0 N–H and O–H groups in total. The summed E-state index contributed by atoms with van der Waals surface area (Å²) in [4.78, 5) is 28.9. The van der Waals surface area contributed by atoms with Crippen LogP contribution in [-0.2, 0) is 4.79 Å². The Hall–Kier alpha value is -1.76. The Morgan fingerprint density at radius 2 is 1.88 bits per heavy atom. The van der Waals surface area contributed by atoms with Crippen molar-refractivity contribution < 1.29 is 14.6 Å². The highest BCUT2D eigenvalue weighted by molar-refractivity contribution is 9.10. The van der Waals surface area contributed by atoms with Crippen molar-refractivity contribution in [2.24, 2.45) is 39.7 Å². The van der Waals surface area contributed by atoms with Crippen molar-refractivity contribution in [1.29, 1.82) is 0 Å². The first-order valence-electron chi connectivity index (χ1n) is 11.9. The van der Waals surface area contributed by atoms with E-state index in [2.05, 4.69) is 34.9 Å². The Labute approximate surface area is 197 Å². The number of nitro benzene ring substituents is 1. The number of non-ortho nitro benzene ring substituents is 1. The first-order chi connectivity index (χ1) is 15.2. The van der Waals surface area contributed by atoms with E-state index in [9.17, 15) is 14.9 Å². The molecule has 0 aliphatic heterocycles. The number of Topliss-reactive ketones (excluding diaryl/α,β-unsaturated/α-hetero) is 1. The third kappa shape index (κ3) is 3.42. The maximum Gasteiger partial charge on any atom is 0.269 e. The molecule has 0 radical (unpaired) electrons. The molecule has 4 aliphatic carbocycles. The van der Waals surface area contributed by atoms with Crippen molar-refractivity contribution in [2.75, 3.05) is 0 Å². The molecule has 1 aromatic rings. The van der Waals surface area contributed by atoms with Crippen LogP contribution in [0.15, 0.2) is 29.4 Å². The van der Waals surface area contributed by atoms with Crippen LogP contribution in [0.2, 0.25) is 0 Å². The standard InChI is InChI=1S/C25H31BrN2O4/c1-24-12-11-20-18(19(24)9-10-23(24)29)8-3-15-13-22(21(26)14-25(15,20)2)27-32-17-6-4-16(5-7-17)28(30)31/h4-7,15,18-21H,3,8-14H2,1-2H3/t15-,18-,19-,20-,21+,24-,25-/m0/s1. The van der Waals surface area contributed by atoms with Gasteiger partial charge in [0, 0.05) is 24.0 Å². The Morgan fingerprint density at radius 1 is 1.12 bits per heavy atom. The number of fused-ring (bicyclic) bond motifs is 5. The second-order valence-corrected chi connectivity index (χ2v) is 12.0. The molecule has 0 amide bonds. The topological polar surface area (TPSA) is 81.8 Å². The summed E-state index contributed by atoms with van der Waals surface area (Å²) in [7, 11) is 0. The smallest absolute Gasteiger partial charge is 0.269 e. The summed E-state index contributed by atoms with van der Waals surface area (Å²) in [6, 6.07) is 6.05. The lowest BCUT2D eigenvalue weighted by Crippen LogP contribution is -2.55. The quantitative estimate of drug-likeness (QED) is 0.275. The van der Waals surface area contributed by atoms with Gasteiger partial charge in [0.1, 0.15) is 5.78 Å². The lowest BCUT2D eigenvalue weighted by atomic mass is 9.45. The first-order valence-corrected chi connectivity index (χ1v) is 12.8. The van der Waals surface area contributed by atoms with Gasteiger partial charge in [0.2, 0.25) is 0 Å². The number of oxime groups is 1. The zero-order valence-corrected chi connectivity index (χ0v) is 20.3. The van der Waals surface area contributed by atoms with Gasteiger partial charge >= 0.3 is 0 Å². The summed E-state index contributed by atoms with van der Waals surface area (Å²) in [6.07, 6.45) is 8.46. The average molecular weight is 503 g/mol. The zero-order valence-electron chi connectivity index (χ0n) is 18.8. The number of hydrogen-bond acceptors (Lipinski definition) is 5. The molecule has 1 aromatic carbocycles. The zero-order chi connectivity index (χ0) is 22.7. The number of carbonyl (C=O) groups is 1. The van der Waals surface area contributed by atoms with E-state index in [1.165, 1.54) is 31.4 Å². The van der Waals surface area contributed by atoms with Crippen LogP contribution in [0, 0.1) is 44.6 Å². The number of benzene rings is 1. The van der Waals surface area contributed by atoms with Gasteiger partial charge in [0.15, 0.2) is 5.75 Å². The molecular formula is C25H31BrN2O4. The van der Waals surface area contributed by atoms with E-state index in [-0.39, 0.29) is 21.3 Å². The van der Waals surface area contributed by atoms with E-state index >= 15 is 0 Å². The fourth-order valence-electron chi connectivity index (χ4n) is 7.68. The molecule has 0 spiro atoms. The molecule has 4 saturated carbocycles. The lowest BCUT2D eigenvalue weighted by molar-refractivity contribution is -0.384. The molecule has 0 bridgehead atoms. The Balaban J connectivity index is 1.31. The van der Waals surface area contributed by atoms with Crippen molar-refractivity contribution in [3.63, 3.8) is 0 Å². The molecule has 7 atom stereocenters. The predicted molar refractivity (Wildman–Crippen MR) is 126 cm³/mol. The first kappa shape index (κ1) is 22.1. The summed E-state index contributed by atoms with van der Waals surface area (Å²) < 4.78 is 0. The van der Waals surface area contributed by atoms with E-state index < -0.39 is 4.92 Å². The average Bonchev–Trinajstić information content (AvgIpc) is 3.07. The molecule has 32 heavy (non-hydrogen) atoms. The number of nitrogens with zero attached hydrogens (tertiary/aromatic N) is 2. The van der Waals surface area contributed by atoms with Crippen LogP contribution in [-0.4, -0.2) is 21.2 Å². The molecular weight excluding hydrogens is 472 g/mol. The van der Waals surface area contributed by atoms with Crippen molar-refractivity contribution in [3.05, 3.63) is 34.4 Å². The normalized spacial score (nSPS) is 42.2. The molecule has 0 aromatic heterocycles. The summed E-state index contributed by atoms with van der Waals surface area (Å²) in [6.45, 7) is 4.72. The van der Waals surface area contributed by atoms with Crippen LogP contribution < -0.4 is 4.84 Å². The Kier molecular flexibility index (Phi) is 5.46. The van der Waals surface area contributed by atoms with Crippen molar-refractivity contribution >= 4 is 33.1 Å². The monoisotopic (exact) mass is 502 g/mol. The highest BCUT2D eigenvalue weighted by atomic mass is 79.9. The molecule has 0 unspecified atom stereocenters. The van der Waals surface area contributed by atoms with E-state index in [1.807, 2.05) is 0 Å². The number of rotatable bonds is 3. The Morgan fingerprint density at radius 3 is 2.59 bits per heavy atom. The largest absolute Gasteiger partial charge is 0.357 e. The van der Waals surface area contributed by atoms with Gasteiger partial charge in [-0.15, -0.1) is 0 Å². The predicted octanol–water partition coefficient (Wildman–Crippen LogP) is 6.31. The third-order valence-electron chi connectivity index (χ3n) is 9.53. The van der Waals surface area contributed by atoms with Gasteiger partial charge in [-0.05, 0) is 86.2 Å². The number of halogens is 1. The SMILES string of the molecule is C[C@]12C[C@@H](Br)C(=NOc3ccc([N+](=O)[O-])cc3)C[C@@H]1CC[C@@H]1[C@@H]2CC[C@]2(C)C(=O)CC[C@@H]12. The lowest BCUT2D eigenvalue weighted by Gasteiger charge is -2.60. The van der Waals surface area contributed by atoms with Gasteiger partial charge in [0.25, 0.3) is 5.69 Å². The van der Waals surface area contributed by atoms with Gasteiger partial charge in [-0.25, -0.2) is 0 Å². The second-order valence-electron chi connectivity index (χ2n) is 10.9. The highest BCUT2D eigenvalue weighted by Crippen LogP contribution is 2.65. The highest BCUT2D eigenvalue weighted by Gasteiger charge is 2.60. The van der Waals surface area contributed by atoms with Crippen LogP contribution in [0.1, 0.15) is 65.2 Å². The third-order valence-corrected chi connectivity index (χ3v) is 10.4. The van der Waals surface area contributed by atoms with Crippen molar-refractivity contribution in [1.82, 2.24) is 0 Å². The number of carbonyl (C=O) groups excluding carboxylic acids is 1. The summed E-state index contributed by atoms with van der Waals surface area (Å²) in [5, 5.41) is 15.3.